The molecule has 146 valence electrons. The van der Waals surface area contributed by atoms with Crippen LogP contribution in [-0.2, 0) is 4.79 Å². The SMILES string of the molecule is COc1ccc(N2C(=O)S/C(=C\c3cccc(OC)c3OC)C2=O)c(OC)c1. The molecule has 1 saturated heterocycles. The largest absolute Gasteiger partial charge is 0.497 e. The van der Waals surface area contributed by atoms with Gasteiger partial charge in [0.1, 0.15) is 11.5 Å². The molecule has 1 heterocycles. The third-order valence-electron chi connectivity index (χ3n) is 4.14. The fraction of sp³-hybridized carbons (Fsp3) is 0.200. The predicted octanol–water partition coefficient (Wildman–Crippen LogP) is 3.96. The van der Waals surface area contributed by atoms with Crippen LogP contribution in [0, 0.1) is 0 Å². The first-order valence-corrected chi connectivity index (χ1v) is 9.06. The third-order valence-corrected chi connectivity index (χ3v) is 5.01. The van der Waals surface area contributed by atoms with E-state index in [1.807, 2.05) is 0 Å². The van der Waals surface area contributed by atoms with Crippen LogP contribution in [0.5, 0.6) is 23.0 Å². The molecule has 0 saturated carbocycles. The van der Waals surface area contributed by atoms with Crippen molar-refractivity contribution in [1.29, 1.82) is 0 Å². The van der Waals surface area contributed by atoms with E-state index in [2.05, 4.69) is 0 Å². The summed E-state index contributed by atoms with van der Waals surface area (Å²) >= 11 is 0.849. The molecule has 7 nitrogen and oxygen atoms in total. The second kappa shape index (κ2) is 8.26. The lowest BCUT2D eigenvalue weighted by atomic mass is 10.1. The Bertz CT molecular complexity index is 956. The summed E-state index contributed by atoms with van der Waals surface area (Å²) < 4.78 is 21.2. The lowest BCUT2D eigenvalue weighted by Crippen LogP contribution is -2.28. The number of hydrogen-bond donors (Lipinski definition) is 0. The van der Waals surface area contributed by atoms with E-state index in [-0.39, 0.29) is 4.91 Å². The maximum absolute atomic E-state index is 13.0. The topological polar surface area (TPSA) is 74.3 Å². The molecule has 0 aromatic heterocycles. The molecule has 8 heteroatoms. The van der Waals surface area contributed by atoms with Gasteiger partial charge in [-0.25, -0.2) is 4.90 Å². The number of benzene rings is 2. The van der Waals surface area contributed by atoms with E-state index in [0.29, 0.717) is 34.2 Å². The highest BCUT2D eigenvalue weighted by molar-refractivity contribution is 8.19. The molecule has 2 amide bonds. The van der Waals surface area contributed by atoms with Crippen molar-refractivity contribution in [2.24, 2.45) is 0 Å². The Morgan fingerprint density at radius 1 is 0.893 bits per heavy atom. The van der Waals surface area contributed by atoms with Crippen LogP contribution < -0.4 is 23.8 Å². The summed E-state index contributed by atoms with van der Waals surface area (Å²) in [4.78, 5) is 26.9. The van der Waals surface area contributed by atoms with E-state index in [1.165, 1.54) is 28.4 Å². The van der Waals surface area contributed by atoms with Crippen molar-refractivity contribution < 1.29 is 28.5 Å². The number of ether oxygens (including phenoxy) is 4. The van der Waals surface area contributed by atoms with Crippen LogP contribution in [0.15, 0.2) is 41.3 Å². The summed E-state index contributed by atoms with van der Waals surface area (Å²) in [5, 5.41) is -0.415. The van der Waals surface area contributed by atoms with Gasteiger partial charge in [-0.05, 0) is 36.0 Å². The first kappa shape index (κ1) is 19.6. The van der Waals surface area contributed by atoms with E-state index in [1.54, 1.807) is 42.5 Å². The van der Waals surface area contributed by atoms with Gasteiger partial charge in [-0.15, -0.1) is 0 Å². The predicted molar refractivity (Wildman–Crippen MR) is 108 cm³/mol. The molecule has 0 spiro atoms. The first-order valence-electron chi connectivity index (χ1n) is 8.25. The van der Waals surface area contributed by atoms with Gasteiger partial charge in [0, 0.05) is 11.6 Å². The first-order chi connectivity index (χ1) is 13.5. The average Bonchev–Trinajstić information content (AvgIpc) is 3.00. The quantitative estimate of drug-likeness (QED) is 0.678. The highest BCUT2D eigenvalue weighted by atomic mass is 32.2. The minimum atomic E-state index is -0.441. The second-order valence-electron chi connectivity index (χ2n) is 5.64. The number of thioether (sulfide) groups is 1. The molecule has 2 aromatic rings. The summed E-state index contributed by atoms with van der Waals surface area (Å²) in [7, 11) is 6.04. The normalized spacial score (nSPS) is 15.1. The molecule has 1 aliphatic rings. The van der Waals surface area contributed by atoms with Crippen LogP contribution in [0.3, 0.4) is 0 Å². The van der Waals surface area contributed by atoms with Gasteiger partial charge in [0.05, 0.1) is 39.0 Å². The van der Waals surface area contributed by atoms with Gasteiger partial charge in [0.15, 0.2) is 11.5 Å². The summed E-state index contributed by atoms with van der Waals surface area (Å²) in [6.45, 7) is 0. The number of methoxy groups -OCH3 is 4. The maximum atomic E-state index is 13.0. The summed E-state index contributed by atoms with van der Waals surface area (Å²) in [5.74, 6) is 1.50. The van der Waals surface area contributed by atoms with Crippen LogP contribution in [0.4, 0.5) is 10.5 Å². The Morgan fingerprint density at radius 3 is 2.29 bits per heavy atom. The van der Waals surface area contributed by atoms with Crippen LogP contribution in [0.2, 0.25) is 0 Å². The molecule has 0 atom stereocenters. The number of hydrogen-bond acceptors (Lipinski definition) is 7. The number of para-hydroxylation sites is 1. The molecule has 0 radical (unpaired) electrons. The lowest BCUT2D eigenvalue weighted by Gasteiger charge is -2.17. The molecule has 2 aromatic carbocycles. The molecule has 28 heavy (non-hydrogen) atoms. The number of nitrogens with zero attached hydrogens (tertiary/aromatic N) is 1. The second-order valence-corrected chi connectivity index (χ2v) is 6.63. The van der Waals surface area contributed by atoms with E-state index in [0.717, 1.165) is 16.7 Å². The molecule has 0 unspecified atom stereocenters. The number of carbonyl (C=O) groups is 2. The van der Waals surface area contributed by atoms with E-state index < -0.39 is 11.1 Å². The summed E-state index contributed by atoms with van der Waals surface area (Å²) in [5.41, 5.74) is 0.987. The average molecular weight is 401 g/mol. The van der Waals surface area contributed by atoms with Gasteiger partial charge in [-0.2, -0.15) is 0 Å². The Balaban J connectivity index is 2.01. The molecule has 1 aliphatic heterocycles. The van der Waals surface area contributed by atoms with Crippen molar-refractivity contribution in [3.05, 3.63) is 46.9 Å². The highest BCUT2D eigenvalue weighted by Gasteiger charge is 2.38. The van der Waals surface area contributed by atoms with E-state index in [4.69, 9.17) is 18.9 Å². The van der Waals surface area contributed by atoms with E-state index >= 15 is 0 Å². The number of amides is 2. The Labute approximate surface area is 166 Å². The molecule has 0 bridgehead atoms. The molecular formula is C20H19NO6S. The number of anilines is 1. The third kappa shape index (κ3) is 3.50. The molecule has 0 N–H and O–H groups in total. The van der Waals surface area contributed by atoms with Gasteiger partial charge in [0.25, 0.3) is 11.1 Å². The molecule has 0 aliphatic carbocycles. The monoisotopic (exact) mass is 401 g/mol. The summed E-state index contributed by atoms with van der Waals surface area (Å²) in [6, 6.07) is 10.2. The number of carbonyl (C=O) groups excluding carboxylic acids is 2. The van der Waals surface area contributed by atoms with Gasteiger partial charge >= 0.3 is 0 Å². The standard InChI is InChI=1S/C20H19NO6S/c1-24-13-8-9-14(16(11-13)26-3)21-19(22)17(28-20(21)23)10-12-6-5-7-15(25-2)18(12)27-4/h5-11H,1-4H3/b17-10-. The smallest absolute Gasteiger partial charge is 0.298 e. The van der Waals surface area contributed by atoms with Crippen LogP contribution in [0.1, 0.15) is 5.56 Å². The van der Waals surface area contributed by atoms with Crippen molar-refractivity contribution >= 4 is 34.7 Å². The zero-order chi connectivity index (χ0) is 20.3. The fourth-order valence-corrected chi connectivity index (χ4v) is 3.64. The van der Waals surface area contributed by atoms with Gasteiger partial charge < -0.3 is 18.9 Å². The zero-order valence-corrected chi connectivity index (χ0v) is 16.7. The molecule has 3 rings (SSSR count). The van der Waals surface area contributed by atoms with Crippen molar-refractivity contribution in [3.8, 4) is 23.0 Å². The van der Waals surface area contributed by atoms with Crippen molar-refractivity contribution in [2.75, 3.05) is 33.3 Å². The Kier molecular flexibility index (Phi) is 5.79. The minimum absolute atomic E-state index is 0.273. The van der Waals surface area contributed by atoms with Gasteiger partial charge in [0.2, 0.25) is 0 Å². The van der Waals surface area contributed by atoms with Crippen molar-refractivity contribution in [2.45, 2.75) is 0 Å². The van der Waals surface area contributed by atoms with Crippen LogP contribution in [0.25, 0.3) is 6.08 Å². The summed E-state index contributed by atoms with van der Waals surface area (Å²) in [6.07, 6.45) is 1.61. The highest BCUT2D eigenvalue weighted by Crippen LogP contribution is 2.42. The number of imide groups is 1. The molecule has 1 fully saturated rings. The van der Waals surface area contributed by atoms with E-state index in [9.17, 15) is 9.59 Å². The van der Waals surface area contributed by atoms with Gasteiger partial charge in [-0.3, -0.25) is 9.59 Å². The zero-order valence-electron chi connectivity index (χ0n) is 15.8. The lowest BCUT2D eigenvalue weighted by molar-refractivity contribution is -0.113. The molecular weight excluding hydrogens is 382 g/mol. The maximum Gasteiger partial charge on any atom is 0.298 e. The van der Waals surface area contributed by atoms with Crippen molar-refractivity contribution in [1.82, 2.24) is 0 Å². The van der Waals surface area contributed by atoms with Crippen LogP contribution >= 0.6 is 11.8 Å². The Morgan fingerprint density at radius 2 is 1.64 bits per heavy atom. The van der Waals surface area contributed by atoms with Crippen LogP contribution in [-0.4, -0.2) is 39.6 Å². The fourth-order valence-electron chi connectivity index (χ4n) is 2.81. The van der Waals surface area contributed by atoms with Gasteiger partial charge in [-0.1, -0.05) is 12.1 Å². The Hall–Kier alpha value is -3.13. The number of rotatable bonds is 6. The van der Waals surface area contributed by atoms with Crippen molar-refractivity contribution in [3.63, 3.8) is 0 Å². The minimum Gasteiger partial charge on any atom is -0.497 e.